The Bertz CT molecular complexity index is 868. The first-order chi connectivity index (χ1) is 9.58. The lowest BCUT2D eigenvalue weighted by molar-refractivity contribution is 0.626. The van der Waals surface area contributed by atoms with E-state index in [9.17, 15) is 9.18 Å². The van der Waals surface area contributed by atoms with Gasteiger partial charge in [0, 0.05) is 0 Å². The van der Waals surface area contributed by atoms with Crippen LogP contribution in [0.15, 0.2) is 47.3 Å². The van der Waals surface area contributed by atoms with Crippen LogP contribution in [0.25, 0.3) is 16.6 Å². The zero-order valence-corrected chi connectivity index (χ0v) is 11.2. The molecule has 100 valence electrons. The molecule has 3 nitrogen and oxygen atoms in total. The van der Waals surface area contributed by atoms with Crippen molar-refractivity contribution < 1.29 is 4.39 Å². The molecule has 0 saturated heterocycles. The standard InChI is InChI=1S/C16H13FN2O/c1-10-5-3-8-14-15(10)16(20)19(11(2)18-14)13-7-4-6-12(17)9-13/h3-9H,1-2H3. The molecule has 2 aromatic carbocycles. The number of hydrogen-bond donors (Lipinski definition) is 0. The number of benzene rings is 2. The zero-order valence-electron chi connectivity index (χ0n) is 11.2. The number of fused-ring (bicyclic) bond motifs is 1. The lowest BCUT2D eigenvalue weighted by Crippen LogP contribution is -2.23. The minimum absolute atomic E-state index is 0.170. The third-order valence-corrected chi connectivity index (χ3v) is 3.34. The lowest BCUT2D eigenvalue weighted by atomic mass is 10.1. The van der Waals surface area contributed by atoms with Crippen LogP contribution >= 0.6 is 0 Å². The molecule has 3 rings (SSSR count). The van der Waals surface area contributed by atoms with Crippen LogP contribution in [-0.4, -0.2) is 9.55 Å². The van der Waals surface area contributed by atoms with Crippen LogP contribution in [0.2, 0.25) is 0 Å². The van der Waals surface area contributed by atoms with E-state index < -0.39 is 0 Å². The van der Waals surface area contributed by atoms with Crippen LogP contribution in [0.3, 0.4) is 0 Å². The van der Waals surface area contributed by atoms with E-state index in [1.165, 1.54) is 16.7 Å². The number of nitrogens with zero attached hydrogens (tertiary/aromatic N) is 2. The molecule has 0 aliphatic heterocycles. The maximum Gasteiger partial charge on any atom is 0.266 e. The molecule has 20 heavy (non-hydrogen) atoms. The van der Waals surface area contributed by atoms with Gasteiger partial charge in [-0.25, -0.2) is 9.37 Å². The molecule has 0 saturated carbocycles. The van der Waals surface area contributed by atoms with Crippen LogP contribution in [-0.2, 0) is 0 Å². The first-order valence-corrected chi connectivity index (χ1v) is 6.33. The molecule has 3 aromatic rings. The Hall–Kier alpha value is -2.49. The molecular weight excluding hydrogens is 255 g/mol. The molecule has 0 fully saturated rings. The molecule has 0 aliphatic carbocycles. The summed E-state index contributed by atoms with van der Waals surface area (Å²) in [4.78, 5) is 17.1. The van der Waals surface area contributed by atoms with Gasteiger partial charge < -0.3 is 0 Å². The monoisotopic (exact) mass is 268 g/mol. The maximum absolute atomic E-state index is 13.4. The van der Waals surface area contributed by atoms with Crippen molar-refractivity contribution in [1.82, 2.24) is 9.55 Å². The first-order valence-electron chi connectivity index (χ1n) is 6.33. The number of aryl methyl sites for hydroxylation is 2. The van der Waals surface area contributed by atoms with Crippen molar-refractivity contribution in [2.75, 3.05) is 0 Å². The highest BCUT2D eigenvalue weighted by Gasteiger charge is 2.11. The second kappa shape index (κ2) is 4.56. The maximum atomic E-state index is 13.4. The Morgan fingerprint density at radius 1 is 1.10 bits per heavy atom. The van der Waals surface area contributed by atoms with Gasteiger partial charge >= 0.3 is 0 Å². The highest BCUT2D eigenvalue weighted by atomic mass is 19.1. The summed E-state index contributed by atoms with van der Waals surface area (Å²) in [7, 11) is 0. The predicted molar refractivity (Wildman–Crippen MR) is 76.8 cm³/mol. The van der Waals surface area contributed by atoms with Crippen molar-refractivity contribution in [1.29, 1.82) is 0 Å². The van der Waals surface area contributed by atoms with Crippen LogP contribution in [0.1, 0.15) is 11.4 Å². The van der Waals surface area contributed by atoms with Gasteiger partial charge in [-0.05, 0) is 43.7 Å². The van der Waals surface area contributed by atoms with E-state index in [0.717, 1.165) is 5.56 Å². The summed E-state index contributed by atoms with van der Waals surface area (Å²) in [5.41, 5.74) is 1.85. The first kappa shape index (κ1) is 12.5. The van der Waals surface area contributed by atoms with Gasteiger partial charge in [0.25, 0.3) is 5.56 Å². The fourth-order valence-corrected chi connectivity index (χ4v) is 2.43. The summed E-state index contributed by atoms with van der Waals surface area (Å²) in [5.74, 6) is 0.164. The van der Waals surface area contributed by atoms with E-state index >= 15 is 0 Å². The zero-order chi connectivity index (χ0) is 14.3. The quantitative estimate of drug-likeness (QED) is 0.679. The van der Waals surface area contributed by atoms with E-state index in [-0.39, 0.29) is 11.4 Å². The molecule has 0 spiro atoms. The largest absolute Gasteiger partial charge is 0.268 e. The van der Waals surface area contributed by atoms with Crippen LogP contribution in [0, 0.1) is 19.7 Å². The van der Waals surface area contributed by atoms with E-state index in [2.05, 4.69) is 4.98 Å². The smallest absolute Gasteiger partial charge is 0.266 e. The summed E-state index contributed by atoms with van der Waals surface area (Å²) >= 11 is 0. The van der Waals surface area contributed by atoms with E-state index in [0.29, 0.717) is 22.4 Å². The van der Waals surface area contributed by atoms with Gasteiger partial charge in [-0.15, -0.1) is 0 Å². The van der Waals surface area contributed by atoms with Crippen LogP contribution < -0.4 is 5.56 Å². The fourth-order valence-electron chi connectivity index (χ4n) is 2.43. The topological polar surface area (TPSA) is 34.9 Å². The molecule has 0 unspecified atom stereocenters. The average Bonchev–Trinajstić information content (AvgIpc) is 2.38. The SMILES string of the molecule is Cc1cccc2nc(C)n(-c3cccc(F)c3)c(=O)c12. The number of halogens is 1. The van der Waals surface area contributed by atoms with Gasteiger partial charge in [0.1, 0.15) is 11.6 Å². The highest BCUT2D eigenvalue weighted by molar-refractivity contribution is 5.81. The molecule has 4 heteroatoms. The van der Waals surface area contributed by atoms with Crippen molar-refractivity contribution in [2.45, 2.75) is 13.8 Å². The summed E-state index contributed by atoms with van der Waals surface area (Å²) in [5, 5.41) is 0.572. The third kappa shape index (κ3) is 1.90. The van der Waals surface area contributed by atoms with Gasteiger partial charge in [-0.2, -0.15) is 0 Å². The Morgan fingerprint density at radius 2 is 1.85 bits per heavy atom. The minimum Gasteiger partial charge on any atom is -0.268 e. The molecule has 0 radical (unpaired) electrons. The molecule has 0 amide bonds. The average molecular weight is 268 g/mol. The number of rotatable bonds is 1. The van der Waals surface area contributed by atoms with E-state index in [4.69, 9.17) is 0 Å². The molecule has 1 aromatic heterocycles. The van der Waals surface area contributed by atoms with Crippen molar-refractivity contribution >= 4 is 10.9 Å². The predicted octanol–water partition coefficient (Wildman–Crippen LogP) is 3.14. The van der Waals surface area contributed by atoms with Gasteiger partial charge in [0.05, 0.1) is 16.6 Å². The second-order valence-corrected chi connectivity index (χ2v) is 4.75. The number of aromatic nitrogens is 2. The Kier molecular flexibility index (Phi) is 2.86. The lowest BCUT2D eigenvalue weighted by Gasteiger charge is -2.11. The van der Waals surface area contributed by atoms with Crippen LogP contribution in [0.4, 0.5) is 4.39 Å². The molecule has 0 atom stereocenters. The molecule has 0 N–H and O–H groups in total. The van der Waals surface area contributed by atoms with Gasteiger partial charge in [0.2, 0.25) is 0 Å². The van der Waals surface area contributed by atoms with Crippen molar-refractivity contribution in [3.05, 3.63) is 70.0 Å². The summed E-state index contributed by atoms with van der Waals surface area (Å²) in [6.07, 6.45) is 0. The van der Waals surface area contributed by atoms with E-state index in [1.807, 2.05) is 25.1 Å². The summed E-state index contributed by atoms with van der Waals surface area (Å²) in [6.45, 7) is 3.62. The highest BCUT2D eigenvalue weighted by Crippen LogP contribution is 2.16. The van der Waals surface area contributed by atoms with E-state index in [1.54, 1.807) is 19.1 Å². The number of hydrogen-bond acceptors (Lipinski definition) is 2. The van der Waals surface area contributed by atoms with Gasteiger partial charge in [-0.3, -0.25) is 9.36 Å². The molecule has 1 heterocycles. The Balaban J connectivity index is 2.43. The van der Waals surface area contributed by atoms with Gasteiger partial charge in [-0.1, -0.05) is 18.2 Å². The van der Waals surface area contributed by atoms with Crippen molar-refractivity contribution in [2.24, 2.45) is 0 Å². The fraction of sp³-hybridized carbons (Fsp3) is 0.125. The summed E-state index contributed by atoms with van der Waals surface area (Å²) < 4.78 is 14.8. The minimum atomic E-state index is -0.376. The summed E-state index contributed by atoms with van der Waals surface area (Å²) in [6, 6.07) is 11.5. The van der Waals surface area contributed by atoms with Gasteiger partial charge in [0.15, 0.2) is 0 Å². The normalized spacial score (nSPS) is 10.9. The van der Waals surface area contributed by atoms with Crippen molar-refractivity contribution in [3.8, 4) is 5.69 Å². The molecule has 0 aliphatic rings. The molecule has 0 bridgehead atoms. The molecular formula is C16H13FN2O. The Labute approximate surface area is 115 Å². The van der Waals surface area contributed by atoms with Crippen LogP contribution in [0.5, 0.6) is 0 Å². The van der Waals surface area contributed by atoms with Crippen molar-refractivity contribution in [3.63, 3.8) is 0 Å². The Morgan fingerprint density at radius 3 is 2.60 bits per heavy atom. The third-order valence-electron chi connectivity index (χ3n) is 3.34. The second-order valence-electron chi connectivity index (χ2n) is 4.75.